The number of hydrogen-bond acceptors (Lipinski definition) is 3. The first-order chi connectivity index (χ1) is 13.0. The van der Waals surface area contributed by atoms with Crippen molar-refractivity contribution >= 4 is 29.2 Å². The summed E-state index contributed by atoms with van der Waals surface area (Å²) < 4.78 is 5.41. The van der Waals surface area contributed by atoms with Crippen molar-refractivity contribution in [2.24, 2.45) is 10.9 Å². The maximum Gasteiger partial charge on any atom is 0.226 e. The molecule has 0 radical (unpaired) electrons. The number of nitrogens with one attached hydrogen (secondary N) is 2. The number of hydrogen-bond donors (Lipinski definition) is 2. The Balaban J connectivity index is 1.71. The molecule has 1 fully saturated rings. The standard InChI is InChI=1S/C20H31ClN4O2/c1-15-17(21)5-4-6-18(15)24-19(26)7-11-23-20(22-2)25(3)12-8-16-9-13-27-14-10-16/h4-6,16H,7-14H2,1-3H3,(H,22,23)(H,24,26). The Morgan fingerprint density at radius 1 is 1.37 bits per heavy atom. The van der Waals surface area contributed by atoms with Gasteiger partial charge in [0.25, 0.3) is 0 Å². The SMILES string of the molecule is CN=C(NCCC(=O)Nc1cccc(Cl)c1C)N(C)CCC1CCOCC1. The molecule has 0 spiro atoms. The van der Waals surface area contributed by atoms with Crippen molar-refractivity contribution < 1.29 is 9.53 Å². The minimum Gasteiger partial charge on any atom is -0.381 e. The molecule has 6 nitrogen and oxygen atoms in total. The summed E-state index contributed by atoms with van der Waals surface area (Å²) in [5, 5.41) is 6.83. The molecule has 1 aromatic rings. The van der Waals surface area contributed by atoms with Gasteiger partial charge >= 0.3 is 0 Å². The fourth-order valence-electron chi connectivity index (χ4n) is 3.15. The van der Waals surface area contributed by atoms with E-state index < -0.39 is 0 Å². The number of anilines is 1. The van der Waals surface area contributed by atoms with Crippen molar-refractivity contribution in [2.45, 2.75) is 32.6 Å². The summed E-state index contributed by atoms with van der Waals surface area (Å²) in [4.78, 5) is 18.6. The summed E-state index contributed by atoms with van der Waals surface area (Å²) in [6.07, 6.45) is 3.78. The lowest BCUT2D eigenvalue weighted by Crippen LogP contribution is -2.41. The maximum atomic E-state index is 12.2. The zero-order valence-corrected chi connectivity index (χ0v) is 17.3. The van der Waals surface area contributed by atoms with E-state index in [9.17, 15) is 4.79 Å². The molecule has 1 amide bonds. The Morgan fingerprint density at radius 3 is 2.81 bits per heavy atom. The van der Waals surface area contributed by atoms with Gasteiger partial charge in [0, 0.05) is 57.5 Å². The number of guanidine groups is 1. The van der Waals surface area contributed by atoms with Crippen LogP contribution in [-0.2, 0) is 9.53 Å². The fourth-order valence-corrected chi connectivity index (χ4v) is 3.32. The largest absolute Gasteiger partial charge is 0.381 e. The Hall–Kier alpha value is -1.79. The molecule has 0 saturated carbocycles. The van der Waals surface area contributed by atoms with Crippen molar-refractivity contribution in [2.75, 3.05) is 45.7 Å². The van der Waals surface area contributed by atoms with Crippen LogP contribution < -0.4 is 10.6 Å². The van der Waals surface area contributed by atoms with E-state index in [1.165, 1.54) is 0 Å². The Labute approximate surface area is 167 Å². The highest BCUT2D eigenvalue weighted by Crippen LogP contribution is 2.23. The van der Waals surface area contributed by atoms with Gasteiger partial charge in [0.1, 0.15) is 0 Å². The second-order valence-electron chi connectivity index (χ2n) is 6.95. The molecule has 0 bridgehead atoms. The van der Waals surface area contributed by atoms with Crippen LogP contribution in [0.1, 0.15) is 31.2 Å². The number of carbonyl (C=O) groups excluding carboxylic acids is 1. The highest BCUT2D eigenvalue weighted by atomic mass is 35.5. The van der Waals surface area contributed by atoms with Gasteiger partial charge in [-0.2, -0.15) is 0 Å². The Kier molecular flexibility index (Phi) is 8.88. The van der Waals surface area contributed by atoms with Crippen LogP contribution in [0.4, 0.5) is 5.69 Å². The number of carbonyl (C=O) groups is 1. The highest BCUT2D eigenvalue weighted by molar-refractivity contribution is 6.31. The third-order valence-electron chi connectivity index (χ3n) is 4.96. The highest BCUT2D eigenvalue weighted by Gasteiger charge is 2.15. The van der Waals surface area contributed by atoms with E-state index in [1.807, 2.05) is 32.2 Å². The summed E-state index contributed by atoms with van der Waals surface area (Å²) in [7, 11) is 3.80. The third kappa shape index (κ3) is 7.03. The molecule has 0 aliphatic carbocycles. The number of aliphatic imine (C=N–C) groups is 1. The first-order valence-electron chi connectivity index (χ1n) is 9.55. The topological polar surface area (TPSA) is 66.0 Å². The number of benzene rings is 1. The number of ether oxygens (including phenoxy) is 1. The summed E-state index contributed by atoms with van der Waals surface area (Å²) in [6.45, 7) is 5.12. The number of halogens is 1. The third-order valence-corrected chi connectivity index (χ3v) is 5.37. The van der Waals surface area contributed by atoms with Gasteiger partial charge < -0.3 is 20.3 Å². The van der Waals surface area contributed by atoms with Gasteiger partial charge in [-0.3, -0.25) is 9.79 Å². The maximum absolute atomic E-state index is 12.2. The van der Waals surface area contributed by atoms with Crippen LogP contribution in [0.15, 0.2) is 23.2 Å². The predicted octanol–water partition coefficient (Wildman–Crippen LogP) is 3.30. The summed E-state index contributed by atoms with van der Waals surface area (Å²) >= 11 is 6.09. The van der Waals surface area contributed by atoms with Gasteiger partial charge in [0.2, 0.25) is 5.91 Å². The lowest BCUT2D eigenvalue weighted by atomic mass is 9.96. The molecular weight excluding hydrogens is 364 g/mol. The zero-order chi connectivity index (χ0) is 19.6. The molecule has 1 saturated heterocycles. The van der Waals surface area contributed by atoms with E-state index in [4.69, 9.17) is 16.3 Å². The second kappa shape index (κ2) is 11.1. The van der Waals surface area contributed by atoms with E-state index in [-0.39, 0.29) is 5.91 Å². The molecule has 2 N–H and O–H groups in total. The van der Waals surface area contributed by atoms with Crippen LogP contribution in [-0.4, -0.2) is 57.2 Å². The van der Waals surface area contributed by atoms with Crippen molar-refractivity contribution in [3.8, 4) is 0 Å². The molecule has 1 aliphatic rings. The van der Waals surface area contributed by atoms with Crippen LogP contribution >= 0.6 is 11.6 Å². The average Bonchev–Trinajstić information content (AvgIpc) is 2.68. The van der Waals surface area contributed by atoms with Crippen molar-refractivity contribution in [1.29, 1.82) is 0 Å². The Bertz CT molecular complexity index is 645. The van der Waals surface area contributed by atoms with Crippen molar-refractivity contribution in [3.05, 3.63) is 28.8 Å². The molecule has 0 unspecified atom stereocenters. The van der Waals surface area contributed by atoms with E-state index in [2.05, 4.69) is 20.5 Å². The summed E-state index contributed by atoms with van der Waals surface area (Å²) in [6, 6.07) is 5.50. The molecule has 1 aromatic carbocycles. The first-order valence-corrected chi connectivity index (χ1v) is 9.93. The lowest BCUT2D eigenvalue weighted by molar-refractivity contribution is -0.116. The zero-order valence-electron chi connectivity index (χ0n) is 16.6. The Morgan fingerprint density at radius 2 is 2.11 bits per heavy atom. The summed E-state index contributed by atoms with van der Waals surface area (Å²) in [5.41, 5.74) is 1.63. The van der Waals surface area contributed by atoms with Gasteiger partial charge in [-0.1, -0.05) is 17.7 Å². The molecule has 1 heterocycles. The van der Waals surface area contributed by atoms with Crippen LogP contribution in [0.2, 0.25) is 5.02 Å². The quantitative estimate of drug-likeness (QED) is 0.550. The first kappa shape index (κ1) is 21.5. The molecule has 27 heavy (non-hydrogen) atoms. The van der Waals surface area contributed by atoms with Crippen molar-refractivity contribution in [1.82, 2.24) is 10.2 Å². The molecule has 7 heteroatoms. The van der Waals surface area contributed by atoms with E-state index >= 15 is 0 Å². The van der Waals surface area contributed by atoms with Gasteiger partial charge in [-0.15, -0.1) is 0 Å². The van der Waals surface area contributed by atoms with Gasteiger partial charge in [0.05, 0.1) is 0 Å². The van der Waals surface area contributed by atoms with Gasteiger partial charge in [-0.25, -0.2) is 0 Å². The number of nitrogens with zero attached hydrogens (tertiary/aromatic N) is 2. The fraction of sp³-hybridized carbons (Fsp3) is 0.600. The van der Waals surface area contributed by atoms with Gasteiger partial charge in [-0.05, 0) is 49.8 Å². The second-order valence-corrected chi connectivity index (χ2v) is 7.36. The summed E-state index contributed by atoms with van der Waals surface area (Å²) in [5.74, 6) is 1.49. The van der Waals surface area contributed by atoms with E-state index in [1.54, 1.807) is 7.05 Å². The van der Waals surface area contributed by atoms with Crippen LogP contribution in [0.5, 0.6) is 0 Å². The van der Waals surface area contributed by atoms with Crippen LogP contribution in [0, 0.1) is 12.8 Å². The minimum absolute atomic E-state index is 0.0480. The monoisotopic (exact) mass is 394 g/mol. The van der Waals surface area contributed by atoms with E-state index in [0.717, 1.165) is 62.1 Å². The predicted molar refractivity (Wildman–Crippen MR) is 112 cm³/mol. The number of rotatable bonds is 7. The lowest BCUT2D eigenvalue weighted by Gasteiger charge is -2.26. The smallest absolute Gasteiger partial charge is 0.226 e. The molecule has 2 rings (SSSR count). The van der Waals surface area contributed by atoms with Crippen LogP contribution in [0.3, 0.4) is 0 Å². The van der Waals surface area contributed by atoms with Crippen LogP contribution in [0.25, 0.3) is 0 Å². The molecule has 0 aromatic heterocycles. The minimum atomic E-state index is -0.0480. The van der Waals surface area contributed by atoms with E-state index in [0.29, 0.717) is 18.0 Å². The normalized spacial score (nSPS) is 15.5. The number of amides is 1. The average molecular weight is 395 g/mol. The molecule has 150 valence electrons. The van der Waals surface area contributed by atoms with Gasteiger partial charge in [0.15, 0.2) is 5.96 Å². The molecule has 0 atom stereocenters. The molecular formula is C20H31ClN4O2. The molecule has 1 aliphatic heterocycles. The van der Waals surface area contributed by atoms with Crippen molar-refractivity contribution in [3.63, 3.8) is 0 Å².